The Labute approximate surface area is 256 Å². The summed E-state index contributed by atoms with van der Waals surface area (Å²) in [4.78, 5) is 55.7. The van der Waals surface area contributed by atoms with E-state index in [1.165, 1.54) is 9.47 Å². The second-order valence-corrected chi connectivity index (χ2v) is 12.9. The molecular formula is C29H21BrClN3O5S2. The van der Waals surface area contributed by atoms with E-state index in [9.17, 15) is 19.2 Å². The van der Waals surface area contributed by atoms with Gasteiger partial charge in [-0.1, -0.05) is 68.8 Å². The predicted octanol–water partition coefficient (Wildman–Crippen LogP) is 5.77. The summed E-state index contributed by atoms with van der Waals surface area (Å²) in [5.41, 5.74) is 1.71. The van der Waals surface area contributed by atoms with Gasteiger partial charge >= 0.3 is 4.87 Å². The standard InChI is InChI=1S/C29H21BrClN3O5S2/c1-39-20-5-3-2-4-19(20)22-23-24(27(37)34(26(23)36)18-12-6-15(30)7-13-18)40-28-25(22)41-29(38)33(28)14-21(35)32-17-10-8-16(31)9-11-17/h2-13,22-24H,14H2,1H3,(H,32,35)/t22-,23-,24+/m0/s1. The molecule has 0 bridgehead atoms. The Morgan fingerprint density at radius 2 is 1.71 bits per heavy atom. The van der Waals surface area contributed by atoms with Gasteiger partial charge in [0.05, 0.1) is 23.7 Å². The van der Waals surface area contributed by atoms with Crippen molar-refractivity contribution >= 4 is 79.7 Å². The molecule has 6 rings (SSSR count). The van der Waals surface area contributed by atoms with E-state index in [0.717, 1.165) is 27.6 Å². The number of para-hydroxylation sites is 1. The van der Waals surface area contributed by atoms with Gasteiger partial charge in [-0.15, -0.1) is 0 Å². The first kappa shape index (κ1) is 27.8. The van der Waals surface area contributed by atoms with Gasteiger partial charge in [-0.3, -0.25) is 23.7 Å². The number of anilines is 2. The third kappa shape index (κ3) is 5.01. The largest absolute Gasteiger partial charge is 0.496 e. The Bertz CT molecular complexity index is 1740. The number of rotatable bonds is 6. The van der Waals surface area contributed by atoms with Crippen LogP contribution in [0.1, 0.15) is 16.4 Å². The fourth-order valence-corrected chi connectivity index (χ4v) is 8.39. The zero-order valence-corrected chi connectivity index (χ0v) is 25.4. The lowest BCUT2D eigenvalue weighted by Gasteiger charge is -2.31. The second-order valence-electron chi connectivity index (χ2n) is 9.45. The van der Waals surface area contributed by atoms with Gasteiger partial charge in [0.1, 0.15) is 17.5 Å². The van der Waals surface area contributed by atoms with Crippen molar-refractivity contribution in [1.29, 1.82) is 0 Å². The molecular weight excluding hydrogens is 650 g/mol. The molecule has 41 heavy (non-hydrogen) atoms. The molecule has 2 aliphatic heterocycles. The van der Waals surface area contributed by atoms with Gasteiger partial charge in [-0.2, -0.15) is 0 Å². The molecule has 4 aromatic rings. The average Bonchev–Trinajstić information content (AvgIpc) is 3.41. The van der Waals surface area contributed by atoms with E-state index < -0.39 is 23.0 Å². The minimum absolute atomic E-state index is 0.255. The third-order valence-electron chi connectivity index (χ3n) is 7.04. The summed E-state index contributed by atoms with van der Waals surface area (Å²) in [5, 5.41) is 3.02. The molecule has 1 fully saturated rings. The summed E-state index contributed by atoms with van der Waals surface area (Å²) in [6.07, 6.45) is 0. The maximum atomic E-state index is 14.0. The highest BCUT2D eigenvalue weighted by atomic mass is 79.9. The Hall–Kier alpha value is -3.38. The van der Waals surface area contributed by atoms with E-state index >= 15 is 0 Å². The van der Waals surface area contributed by atoms with Crippen molar-refractivity contribution in [3.05, 3.63) is 102 Å². The number of ether oxygens (including phenoxy) is 1. The maximum Gasteiger partial charge on any atom is 0.308 e. The van der Waals surface area contributed by atoms with Crippen molar-refractivity contribution in [2.75, 3.05) is 17.3 Å². The summed E-state index contributed by atoms with van der Waals surface area (Å²) in [6.45, 7) is -0.255. The van der Waals surface area contributed by atoms with Crippen molar-refractivity contribution < 1.29 is 19.1 Å². The van der Waals surface area contributed by atoms with Gasteiger partial charge in [0, 0.05) is 31.5 Å². The Morgan fingerprint density at radius 3 is 2.41 bits per heavy atom. The number of carbonyl (C=O) groups is 3. The third-order valence-corrected chi connectivity index (χ3v) is 10.4. The molecule has 0 spiro atoms. The van der Waals surface area contributed by atoms with Gasteiger partial charge < -0.3 is 10.1 Å². The lowest BCUT2D eigenvalue weighted by molar-refractivity contribution is -0.122. The van der Waals surface area contributed by atoms with E-state index in [1.807, 2.05) is 18.2 Å². The van der Waals surface area contributed by atoms with Crippen LogP contribution in [-0.2, 0) is 20.9 Å². The van der Waals surface area contributed by atoms with Crippen molar-refractivity contribution in [2.24, 2.45) is 5.92 Å². The number of amides is 3. The van der Waals surface area contributed by atoms with Crippen LogP contribution in [-0.4, -0.2) is 34.6 Å². The van der Waals surface area contributed by atoms with Gasteiger partial charge in [0.25, 0.3) is 0 Å². The summed E-state index contributed by atoms with van der Waals surface area (Å²) in [6, 6.07) is 20.9. The summed E-state index contributed by atoms with van der Waals surface area (Å²) < 4.78 is 7.85. The van der Waals surface area contributed by atoms with E-state index in [0.29, 0.717) is 37.6 Å². The summed E-state index contributed by atoms with van der Waals surface area (Å²) >= 11 is 11.5. The molecule has 208 valence electrons. The highest BCUT2D eigenvalue weighted by Gasteiger charge is 2.57. The summed E-state index contributed by atoms with van der Waals surface area (Å²) in [5.74, 6) is -1.96. The molecule has 1 aromatic heterocycles. The molecule has 1 N–H and O–H groups in total. The minimum Gasteiger partial charge on any atom is -0.496 e. The fraction of sp³-hybridized carbons (Fsp3) is 0.172. The van der Waals surface area contributed by atoms with E-state index in [-0.39, 0.29) is 23.2 Å². The molecule has 0 aliphatic carbocycles. The maximum absolute atomic E-state index is 14.0. The van der Waals surface area contributed by atoms with Crippen molar-refractivity contribution in [3.63, 3.8) is 0 Å². The number of halogens is 2. The highest BCUT2D eigenvalue weighted by molar-refractivity contribution is 9.10. The topological polar surface area (TPSA) is 97.7 Å². The lowest BCUT2D eigenvalue weighted by Crippen LogP contribution is -2.33. The number of thioether (sulfide) groups is 1. The number of nitrogens with one attached hydrogen (secondary N) is 1. The van der Waals surface area contributed by atoms with Crippen LogP contribution >= 0.6 is 50.6 Å². The SMILES string of the molecule is COc1ccccc1[C@@H]1c2sc(=O)n(CC(=O)Nc3ccc(Cl)cc3)c2S[C@H]2C(=O)N(c3ccc(Br)cc3)C(=O)[C@@H]12. The molecule has 1 saturated heterocycles. The molecule has 3 aromatic carbocycles. The number of carbonyl (C=O) groups excluding carboxylic acids is 3. The molecule has 2 aliphatic rings. The van der Waals surface area contributed by atoms with Crippen molar-refractivity contribution in [3.8, 4) is 5.75 Å². The van der Waals surface area contributed by atoms with Gasteiger partial charge in [-0.25, -0.2) is 4.90 Å². The molecule has 0 unspecified atom stereocenters. The van der Waals surface area contributed by atoms with Crippen LogP contribution in [0.3, 0.4) is 0 Å². The number of hydrogen-bond acceptors (Lipinski definition) is 7. The average molecular weight is 671 g/mol. The van der Waals surface area contributed by atoms with Crippen LogP contribution in [0, 0.1) is 5.92 Å². The van der Waals surface area contributed by atoms with E-state index in [4.69, 9.17) is 16.3 Å². The van der Waals surface area contributed by atoms with Crippen molar-refractivity contribution in [1.82, 2.24) is 4.57 Å². The lowest BCUT2D eigenvalue weighted by atomic mass is 9.82. The Kier molecular flexibility index (Phi) is 7.54. The highest BCUT2D eigenvalue weighted by Crippen LogP contribution is 2.55. The van der Waals surface area contributed by atoms with Crippen molar-refractivity contribution in [2.45, 2.75) is 22.7 Å². The number of benzene rings is 3. The first-order chi connectivity index (χ1) is 19.8. The van der Waals surface area contributed by atoms with Crippen LogP contribution in [0.25, 0.3) is 0 Å². The Balaban J connectivity index is 1.43. The number of fused-ring (bicyclic) bond motifs is 2. The molecule has 3 amide bonds. The number of methoxy groups -OCH3 is 1. The zero-order chi connectivity index (χ0) is 28.8. The second kappa shape index (κ2) is 11.1. The molecule has 8 nitrogen and oxygen atoms in total. The molecule has 0 saturated carbocycles. The number of nitrogens with zero attached hydrogens (tertiary/aromatic N) is 2. The summed E-state index contributed by atoms with van der Waals surface area (Å²) in [7, 11) is 1.54. The predicted molar refractivity (Wildman–Crippen MR) is 163 cm³/mol. The smallest absolute Gasteiger partial charge is 0.308 e. The fourth-order valence-electron chi connectivity index (χ4n) is 5.24. The van der Waals surface area contributed by atoms with Crippen LogP contribution in [0.2, 0.25) is 5.02 Å². The number of hydrogen-bond donors (Lipinski definition) is 1. The zero-order valence-electron chi connectivity index (χ0n) is 21.4. The first-order valence-corrected chi connectivity index (χ1v) is 15.4. The number of imide groups is 1. The van der Waals surface area contributed by atoms with Crippen LogP contribution < -0.4 is 19.8 Å². The monoisotopic (exact) mass is 669 g/mol. The van der Waals surface area contributed by atoms with E-state index in [2.05, 4.69) is 21.2 Å². The van der Waals surface area contributed by atoms with Crippen LogP contribution in [0.5, 0.6) is 5.75 Å². The number of aromatic nitrogens is 1. The Morgan fingerprint density at radius 1 is 1.00 bits per heavy atom. The van der Waals surface area contributed by atoms with E-state index in [1.54, 1.807) is 61.7 Å². The molecule has 3 atom stereocenters. The van der Waals surface area contributed by atoms with Gasteiger partial charge in [0.2, 0.25) is 17.7 Å². The quantitative estimate of drug-likeness (QED) is 0.262. The molecule has 0 radical (unpaired) electrons. The number of thiazole rings is 1. The normalized spacial score (nSPS) is 19.6. The van der Waals surface area contributed by atoms with Gasteiger partial charge in [-0.05, 0) is 54.6 Å². The minimum atomic E-state index is -0.798. The molecule has 3 heterocycles. The van der Waals surface area contributed by atoms with Crippen LogP contribution in [0.15, 0.2) is 87.1 Å². The molecule has 12 heteroatoms. The van der Waals surface area contributed by atoms with Crippen LogP contribution in [0.4, 0.5) is 11.4 Å². The van der Waals surface area contributed by atoms with Gasteiger partial charge in [0.15, 0.2) is 0 Å². The first-order valence-electron chi connectivity index (χ1n) is 12.5.